The summed E-state index contributed by atoms with van der Waals surface area (Å²) < 4.78 is 10.6. The minimum Gasteiger partial charge on any atom is -0.497 e. The van der Waals surface area contributed by atoms with Gasteiger partial charge in [0.25, 0.3) is 5.91 Å². The molecule has 0 spiro atoms. The van der Waals surface area contributed by atoms with Crippen molar-refractivity contribution in [3.63, 3.8) is 0 Å². The fourth-order valence-corrected chi connectivity index (χ4v) is 4.24. The van der Waals surface area contributed by atoms with Gasteiger partial charge in [0.1, 0.15) is 23.4 Å². The molecule has 2 N–H and O–H groups in total. The summed E-state index contributed by atoms with van der Waals surface area (Å²) in [4.78, 5) is 42.2. The van der Waals surface area contributed by atoms with Crippen molar-refractivity contribution in [2.45, 2.75) is 71.7 Å². The second kappa shape index (κ2) is 11.7. The van der Waals surface area contributed by atoms with E-state index in [0.29, 0.717) is 17.0 Å². The minimum absolute atomic E-state index is 0.124. The first kappa shape index (κ1) is 28.0. The van der Waals surface area contributed by atoms with Crippen LogP contribution in [0, 0.1) is 11.8 Å². The van der Waals surface area contributed by atoms with Crippen LogP contribution in [0.5, 0.6) is 5.75 Å². The Kier molecular flexibility index (Phi) is 8.84. The van der Waals surface area contributed by atoms with Crippen LogP contribution in [0.15, 0.2) is 54.6 Å². The first-order valence-electron chi connectivity index (χ1n) is 12.7. The molecule has 3 rings (SSSR count). The van der Waals surface area contributed by atoms with Gasteiger partial charge in [-0.1, -0.05) is 51.1 Å². The smallest absolute Gasteiger partial charge is 0.408 e. The lowest BCUT2D eigenvalue weighted by atomic mass is 9.98. The number of nitrogens with one attached hydrogen (secondary N) is 2. The molecule has 0 saturated heterocycles. The average molecular weight is 510 g/mol. The van der Waals surface area contributed by atoms with Crippen molar-refractivity contribution in [2.24, 2.45) is 11.8 Å². The van der Waals surface area contributed by atoms with Crippen LogP contribution in [0.4, 0.5) is 10.5 Å². The van der Waals surface area contributed by atoms with Crippen molar-refractivity contribution in [3.05, 3.63) is 60.2 Å². The fourth-order valence-electron chi connectivity index (χ4n) is 4.24. The van der Waals surface area contributed by atoms with Crippen LogP contribution in [0.3, 0.4) is 0 Å². The maximum atomic E-state index is 14.1. The molecule has 2 aromatic carbocycles. The number of methoxy groups -OCH3 is 1. The Balaban J connectivity index is 1.96. The van der Waals surface area contributed by atoms with E-state index in [-0.39, 0.29) is 29.7 Å². The van der Waals surface area contributed by atoms with Gasteiger partial charge in [0.2, 0.25) is 5.91 Å². The van der Waals surface area contributed by atoms with E-state index >= 15 is 0 Å². The molecule has 0 aromatic heterocycles. The number of anilines is 1. The topological polar surface area (TPSA) is 97.0 Å². The first-order chi connectivity index (χ1) is 17.4. The average Bonchev–Trinajstić information content (AvgIpc) is 3.55. The molecule has 1 aliphatic carbocycles. The predicted molar refractivity (Wildman–Crippen MR) is 143 cm³/mol. The van der Waals surface area contributed by atoms with Crippen LogP contribution in [-0.4, -0.2) is 47.6 Å². The molecule has 37 heavy (non-hydrogen) atoms. The second-order valence-electron chi connectivity index (χ2n) is 10.9. The van der Waals surface area contributed by atoms with Gasteiger partial charge >= 0.3 is 6.09 Å². The molecular formula is C29H39N3O5. The monoisotopic (exact) mass is 509 g/mol. The van der Waals surface area contributed by atoms with Crippen LogP contribution in [-0.2, 0) is 14.3 Å². The van der Waals surface area contributed by atoms with Gasteiger partial charge in [0.15, 0.2) is 0 Å². The zero-order valence-electron chi connectivity index (χ0n) is 22.8. The van der Waals surface area contributed by atoms with Crippen LogP contribution in [0.25, 0.3) is 0 Å². The van der Waals surface area contributed by atoms with Crippen molar-refractivity contribution >= 4 is 23.6 Å². The Morgan fingerprint density at radius 2 is 1.59 bits per heavy atom. The van der Waals surface area contributed by atoms with Gasteiger partial charge in [0.05, 0.1) is 7.11 Å². The van der Waals surface area contributed by atoms with E-state index in [1.54, 1.807) is 57.0 Å². The zero-order valence-corrected chi connectivity index (χ0v) is 22.8. The molecule has 1 aliphatic rings. The molecule has 3 amide bonds. The maximum absolute atomic E-state index is 14.1. The Morgan fingerprint density at radius 1 is 1.00 bits per heavy atom. The van der Waals surface area contributed by atoms with E-state index in [1.807, 2.05) is 44.2 Å². The van der Waals surface area contributed by atoms with Crippen molar-refractivity contribution in [1.29, 1.82) is 0 Å². The van der Waals surface area contributed by atoms with Crippen molar-refractivity contribution in [3.8, 4) is 5.75 Å². The summed E-state index contributed by atoms with van der Waals surface area (Å²) in [6, 6.07) is 14.4. The Morgan fingerprint density at radius 3 is 2.08 bits per heavy atom. The van der Waals surface area contributed by atoms with E-state index in [1.165, 1.54) is 0 Å². The van der Waals surface area contributed by atoms with Gasteiger partial charge in [-0.15, -0.1) is 0 Å². The highest BCUT2D eigenvalue weighted by atomic mass is 16.6. The molecule has 8 heteroatoms. The molecule has 4 unspecified atom stereocenters. The lowest BCUT2D eigenvalue weighted by Crippen LogP contribution is -2.55. The Hall–Kier alpha value is -3.55. The van der Waals surface area contributed by atoms with Crippen LogP contribution < -0.4 is 15.4 Å². The molecule has 4 atom stereocenters. The van der Waals surface area contributed by atoms with Crippen LogP contribution in [0.1, 0.15) is 59.6 Å². The normalized spacial score (nSPS) is 18.4. The summed E-state index contributed by atoms with van der Waals surface area (Å²) in [6.07, 6.45) is 0.115. The number of alkyl carbamates (subject to hydrolysis) is 1. The molecule has 0 heterocycles. The van der Waals surface area contributed by atoms with E-state index in [9.17, 15) is 14.4 Å². The van der Waals surface area contributed by atoms with E-state index in [4.69, 9.17) is 9.47 Å². The standard InChI is InChI=1S/C29H39N3O5/c1-18(2)24(31-28(35)37-29(4,5)6)27(34)32(23-17-19(23)3)25(20-11-9-8-10-12-20)26(33)30-21-13-15-22(36-7)16-14-21/h8-16,18-19,23-25H,17H2,1-7H3,(H,30,33)(H,31,35). The summed E-state index contributed by atoms with van der Waals surface area (Å²) >= 11 is 0. The van der Waals surface area contributed by atoms with Crippen LogP contribution >= 0.6 is 0 Å². The summed E-state index contributed by atoms with van der Waals surface area (Å²) in [5.74, 6) is 0.0441. The lowest BCUT2D eigenvalue weighted by molar-refractivity contribution is -0.142. The SMILES string of the molecule is COc1ccc(NC(=O)C(c2ccccc2)N(C(=O)C(NC(=O)OC(C)(C)C)C(C)C)C2CC2C)cc1. The fraction of sp³-hybridized carbons (Fsp3) is 0.483. The Labute approximate surface area is 219 Å². The van der Waals surface area contributed by atoms with Gasteiger partial charge in [0, 0.05) is 11.7 Å². The van der Waals surface area contributed by atoms with Crippen molar-refractivity contribution < 1.29 is 23.9 Å². The second-order valence-corrected chi connectivity index (χ2v) is 10.9. The molecule has 1 saturated carbocycles. The number of benzene rings is 2. The molecular weight excluding hydrogens is 470 g/mol. The number of carbonyl (C=O) groups is 3. The zero-order chi connectivity index (χ0) is 27.3. The number of nitrogens with zero attached hydrogens (tertiary/aromatic N) is 1. The minimum atomic E-state index is -0.882. The highest BCUT2D eigenvalue weighted by Crippen LogP contribution is 2.41. The van der Waals surface area contributed by atoms with Crippen molar-refractivity contribution in [2.75, 3.05) is 12.4 Å². The molecule has 8 nitrogen and oxygen atoms in total. The van der Waals surface area contributed by atoms with Crippen molar-refractivity contribution in [1.82, 2.24) is 10.2 Å². The van der Waals surface area contributed by atoms with E-state index in [2.05, 4.69) is 17.6 Å². The van der Waals surface area contributed by atoms with Gasteiger partial charge < -0.3 is 25.0 Å². The molecule has 200 valence electrons. The molecule has 0 bridgehead atoms. The van der Waals surface area contributed by atoms with Gasteiger partial charge in [-0.2, -0.15) is 0 Å². The number of ether oxygens (including phenoxy) is 2. The largest absolute Gasteiger partial charge is 0.497 e. The third-order valence-electron chi connectivity index (χ3n) is 6.28. The number of rotatable bonds is 9. The summed E-state index contributed by atoms with van der Waals surface area (Å²) in [5, 5.41) is 5.72. The van der Waals surface area contributed by atoms with Gasteiger partial charge in [-0.05, 0) is 68.9 Å². The Bertz CT molecular complexity index is 1080. The third-order valence-corrected chi connectivity index (χ3v) is 6.28. The highest BCUT2D eigenvalue weighted by molar-refractivity contribution is 5.99. The number of amides is 3. The predicted octanol–water partition coefficient (Wildman–Crippen LogP) is 5.16. The number of carbonyl (C=O) groups excluding carboxylic acids is 3. The lowest BCUT2D eigenvalue weighted by Gasteiger charge is -2.36. The first-order valence-corrected chi connectivity index (χ1v) is 12.7. The summed E-state index contributed by atoms with van der Waals surface area (Å²) in [7, 11) is 1.58. The number of hydrogen-bond donors (Lipinski definition) is 2. The number of hydrogen-bond acceptors (Lipinski definition) is 5. The third kappa shape index (κ3) is 7.47. The molecule has 0 aliphatic heterocycles. The highest BCUT2D eigenvalue weighted by Gasteiger charge is 2.48. The molecule has 2 aromatic rings. The van der Waals surface area contributed by atoms with E-state index < -0.39 is 23.8 Å². The summed E-state index contributed by atoms with van der Waals surface area (Å²) in [6.45, 7) is 11.1. The maximum Gasteiger partial charge on any atom is 0.408 e. The van der Waals surface area contributed by atoms with Gasteiger partial charge in [-0.3, -0.25) is 9.59 Å². The van der Waals surface area contributed by atoms with Crippen LogP contribution in [0.2, 0.25) is 0 Å². The quantitative estimate of drug-likeness (QED) is 0.487. The van der Waals surface area contributed by atoms with E-state index in [0.717, 1.165) is 6.42 Å². The van der Waals surface area contributed by atoms with Gasteiger partial charge in [-0.25, -0.2) is 4.79 Å². The summed E-state index contributed by atoms with van der Waals surface area (Å²) in [5.41, 5.74) is 0.584. The molecule has 1 fully saturated rings. The molecule has 0 radical (unpaired) electrons.